The van der Waals surface area contributed by atoms with Crippen LogP contribution in [0.4, 0.5) is 14.5 Å². The van der Waals surface area contributed by atoms with Gasteiger partial charge in [0.05, 0.1) is 18.0 Å². The van der Waals surface area contributed by atoms with Crippen molar-refractivity contribution in [3.8, 4) is 11.5 Å². The zero-order chi connectivity index (χ0) is 28.0. The standard InChI is InChI=1S/C29H31F2N5O3S/c30-27(31)29-33-32-28(39-29)25-13-11-24(12-14-25)22-36(26-9-5-2-6-10-26)40(37,38)20-19-34-15-17-35(18-16-34)21-23-7-3-1-4-8-23/h1-14,27H,15-22H2. The summed E-state index contributed by atoms with van der Waals surface area (Å²) < 4.78 is 59.3. The third-order valence-corrected chi connectivity index (χ3v) is 8.62. The van der Waals surface area contributed by atoms with E-state index in [1.807, 2.05) is 36.4 Å². The molecule has 5 rings (SSSR count). The van der Waals surface area contributed by atoms with Gasteiger partial charge in [0.15, 0.2) is 0 Å². The van der Waals surface area contributed by atoms with E-state index in [1.54, 1.807) is 36.4 Å². The van der Waals surface area contributed by atoms with E-state index in [4.69, 9.17) is 4.42 Å². The summed E-state index contributed by atoms with van der Waals surface area (Å²) in [4.78, 5) is 4.60. The molecule has 1 fully saturated rings. The van der Waals surface area contributed by atoms with Gasteiger partial charge in [0.2, 0.25) is 15.9 Å². The minimum Gasteiger partial charge on any atom is -0.415 e. The van der Waals surface area contributed by atoms with Crippen LogP contribution in [0.2, 0.25) is 0 Å². The van der Waals surface area contributed by atoms with Crippen molar-refractivity contribution < 1.29 is 21.6 Å². The van der Waals surface area contributed by atoms with Gasteiger partial charge in [-0.25, -0.2) is 8.42 Å². The molecule has 11 heteroatoms. The molecule has 1 aliphatic heterocycles. The molecule has 1 aromatic heterocycles. The number of nitrogens with zero attached hydrogens (tertiary/aromatic N) is 5. The first-order chi connectivity index (χ1) is 19.4. The Labute approximate surface area is 232 Å². The van der Waals surface area contributed by atoms with Crippen molar-refractivity contribution in [3.05, 3.63) is 102 Å². The molecular weight excluding hydrogens is 536 g/mol. The zero-order valence-corrected chi connectivity index (χ0v) is 22.8. The fraction of sp³-hybridized carbons (Fsp3) is 0.310. The monoisotopic (exact) mass is 567 g/mol. The molecule has 0 amide bonds. The molecule has 0 bridgehead atoms. The number of para-hydroxylation sites is 1. The van der Waals surface area contributed by atoms with Crippen LogP contribution in [0.1, 0.15) is 23.4 Å². The number of alkyl halides is 2. The second-order valence-electron chi connectivity index (χ2n) is 9.70. The van der Waals surface area contributed by atoms with Gasteiger partial charge in [-0.15, -0.1) is 10.2 Å². The maximum atomic E-state index is 13.6. The topological polar surface area (TPSA) is 82.8 Å². The fourth-order valence-corrected chi connectivity index (χ4v) is 6.17. The molecule has 210 valence electrons. The number of hydrogen-bond donors (Lipinski definition) is 0. The molecule has 4 aromatic rings. The first-order valence-electron chi connectivity index (χ1n) is 13.1. The van der Waals surface area contributed by atoms with Gasteiger partial charge in [0, 0.05) is 44.8 Å². The van der Waals surface area contributed by atoms with Crippen LogP contribution in [-0.4, -0.2) is 66.9 Å². The van der Waals surface area contributed by atoms with Gasteiger partial charge in [-0.3, -0.25) is 14.1 Å². The molecule has 0 saturated carbocycles. The smallest absolute Gasteiger partial charge is 0.314 e. The average Bonchev–Trinajstić information content (AvgIpc) is 3.48. The number of halogens is 2. The van der Waals surface area contributed by atoms with Crippen LogP contribution < -0.4 is 4.31 Å². The Balaban J connectivity index is 1.22. The van der Waals surface area contributed by atoms with E-state index in [9.17, 15) is 17.2 Å². The van der Waals surface area contributed by atoms with Crippen molar-refractivity contribution in [1.82, 2.24) is 20.0 Å². The predicted octanol–water partition coefficient (Wildman–Crippen LogP) is 4.83. The van der Waals surface area contributed by atoms with Crippen LogP contribution in [0.5, 0.6) is 0 Å². The summed E-state index contributed by atoms with van der Waals surface area (Å²) in [5.41, 5.74) is 3.07. The normalized spacial score (nSPS) is 15.0. The SMILES string of the molecule is O=S(=O)(CCN1CCN(Cc2ccccc2)CC1)N(Cc1ccc(-c2nnc(C(F)F)o2)cc1)c1ccccc1. The summed E-state index contributed by atoms with van der Waals surface area (Å²) in [5.74, 6) is -0.756. The van der Waals surface area contributed by atoms with Crippen molar-refractivity contribution in [3.63, 3.8) is 0 Å². The zero-order valence-electron chi connectivity index (χ0n) is 21.9. The predicted molar refractivity (Wildman–Crippen MR) is 149 cm³/mol. The number of benzene rings is 3. The molecule has 8 nitrogen and oxygen atoms in total. The Morgan fingerprint density at radius 3 is 2.05 bits per heavy atom. The lowest BCUT2D eigenvalue weighted by Crippen LogP contribution is -2.48. The fourth-order valence-electron chi connectivity index (χ4n) is 4.67. The Bertz CT molecular complexity index is 1460. The third-order valence-electron chi connectivity index (χ3n) is 6.91. The quantitative estimate of drug-likeness (QED) is 0.257. The number of hydrogen-bond acceptors (Lipinski definition) is 7. The van der Waals surface area contributed by atoms with Gasteiger partial charge >= 0.3 is 6.43 Å². The average molecular weight is 568 g/mol. The molecular formula is C29H31F2N5O3S. The number of sulfonamides is 1. The minimum absolute atomic E-state index is 0.00292. The first kappa shape index (κ1) is 27.9. The molecule has 0 aliphatic carbocycles. The molecule has 40 heavy (non-hydrogen) atoms. The lowest BCUT2D eigenvalue weighted by molar-refractivity contribution is 0.116. The van der Waals surface area contributed by atoms with Crippen LogP contribution in [-0.2, 0) is 23.1 Å². The summed E-state index contributed by atoms with van der Waals surface area (Å²) in [6, 6.07) is 26.1. The van der Waals surface area contributed by atoms with E-state index in [0.717, 1.165) is 38.3 Å². The van der Waals surface area contributed by atoms with E-state index >= 15 is 0 Å². The van der Waals surface area contributed by atoms with E-state index in [1.165, 1.54) is 9.87 Å². The molecule has 0 atom stereocenters. The number of anilines is 1. The van der Waals surface area contributed by atoms with Crippen molar-refractivity contribution in [2.45, 2.75) is 19.5 Å². The molecule has 3 aromatic carbocycles. The molecule has 2 heterocycles. The van der Waals surface area contributed by atoms with Crippen molar-refractivity contribution in [2.24, 2.45) is 0 Å². The van der Waals surface area contributed by atoms with Gasteiger partial charge in [0.25, 0.3) is 5.89 Å². The number of piperazine rings is 1. The molecule has 0 radical (unpaired) electrons. The summed E-state index contributed by atoms with van der Waals surface area (Å²) in [7, 11) is -3.65. The maximum absolute atomic E-state index is 13.6. The van der Waals surface area contributed by atoms with E-state index in [0.29, 0.717) is 17.8 Å². The van der Waals surface area contributed by atoms with Crippen LogP contribution in [0.25, 0.3) is 11.5 Å². The second-order valence-corrected chi connectivity index (χ2v) is 11.7. The highest BCUT2D eigenvalue weighted by Crippen LogP contribution is 2.25. The van der Waals surface area contributed by atoms with Crippen LogP contribution in [0.3, 0.4) is 0 Å². The second kappa shape index (κ2) is 12.7. The minimum atomic E-state index is -3.65. The van der Waals surface area contributed by atoms with Crippen molar-refractivity contribution in [2.75, 3.05) is 42.8 Å². The summed E-state index contributed by atoms with van der Waals surface area (Å²) in [6.07, 6.45) is -2.84. The summed E-state index contributed by atoms with van der Waals surface area (Å²) >= 11 is 0. The van der Waals surface area contributed by atoms with Gasteiger partial charge in [0.1, 0.15) is 0 Å². The van der Waals surface area contributed by atoms with Crippen molar-refractivity contribution in [1.29, 1.82) is 0 Å². The lowest BCUT2D eigenvalue weighted by Gasteiger charge is -2.35. The molecule has 0 unspecified atom stereocenters. The molecule has 1 saturated heterocycles. The Hall–Kier alpha value is -3.67. The maximum Gasteiger partial charge on any atom is 0.314 e. The summed E-state index contributed by atoms with van der Waals surface area (Å²) in [6.45, 7) is 4.89. The lowest BCUT2D eigenvalue weighted by atomic mass is 10.1. The molecule has 0 N–H and O–H groups in total. The van der Waals surface area contributed by atoms with Crippen LogP contribution >= 0.6 is 0 Å². The van der Waals surface area contributed by atoms with Crippen LogP contribution in [0.15, 0.2) is 89.3 Å². The van der Waals surface area contributed by atoms with Gasteiger partial charge in [-0.05, 0) is 35.4 Å². The summed E-state index contributed by atoms with van der Waals surface area (Å²) in [5, 5.41) is 7.02. The van der Waals surface area contributed by atoms with E-state index < -0.39 is 22.3 Å². The molecule has 0 spiro atoms. The van der Waals surface area contributed by atoms with E-state index in [2.05, 4.69) is 32.1 Å². The highest BCUT2D eigenvalue weighted by atomic mass is 32.2. The van der Waals surface area contributed by atoms with Crippen LogP contribution in [0, 0.1) is 0 Å². The van der Waals surface area contributed by atoms with Crippen molar-refractivity contribution >= 4 is 15.7 Å². The Morgan fingerprint density at radius 2 is 1.43 bits per heavy atom. The number of rotatable bonds is 11. The first-order valence-corrected chi connectivity index (χ1v) is 14.7. The van der Waals surface area contributed by atoms with Gasteiger partial charge in [-0.1, -0.05) is 60.7 Å². The third kappa shape index (κ3) is 7.09. The number of aromatic nitrogens is 2. The highest BCUT2D eigenvalue weighted by Gasteiger charge is 2.25. The van der Waals surface area contributed by atoms with Gasteiger partial charge in [-0.2, -0.15) is 8.78 Å². The Kier molecular flexibility index (Phi) is 8.83. The molecule has 1 aliphatic rings. The van der Waals surface area contributed by atoms with E-state index in [-0.39, 0.29) is 18.2 Å². The van der Waals surface area contributed by atoms with Gasteiger partial charge < -0.3 is 4.42 Å². The largest absolute Gasteiger partial charge is 0.415 e. The Morgan fingerprint density at radius 1 is 0.800 bits per heavy atom. The highest BCUT2D eigenvalue weighted by molar-refractivity contribution is 7.92.